The van der Waals surface area contributed by atoms with E-state index in [1.54, 1.807) is 3.11 Å². The van der Waals surface area contributed by atoms with Crippen LogP contribution in [0.3, 0.4) is 0 Å². The van der Waals surface area contributed by atoms with Crippen molar-refractivity contribution < 1.29 is 4.79 Å². The first-order valence-corrected chi connectivity index (χ1v) is 4.60. The van der Waals surface area contributed by atoms with Gasteiger partial charge in [-0.3, -0.25) is 7.91 Å². The minimum absolute atomic E-state index is 0.315. The Hall–Kier alpha value is 0.200. The lowest BCUT2D eigenvalue weighted by Gasteiger charge is -2.10. The van der Waals surface area contributed by atoms with Crippen molar-refractivity contribution in [2.45, 2.75) is 20.3 Å². The number of carbonyl (C=O) groups is 1. The van der Waals surface area contributed by atoms with Gasteiger partial charge in [0.05, 0.1) is 22.9 Å². The van der Waals surface area contributed by atoms with Gasteiger partial charge in [0.25, 0.3) is 0 Å². The van der Waals surface area contributed by atoms with E-state index in [0.29, 0.717) is 17.7 Å². The Bertz CT molecular complexity index is 143. The van der Waals surface area contributed by atoms with E-state index in [2.05, 4.69) is 29.8 Å². The molecule has 0 aromatic rings. The standard InChI is InChI=1S/C7H12INO/c1-3-9(8)7(10)6-4-5(6)2/h5-6H,3-4H2,1-2H3. The van der Waals surface area contributed by atoms with Crippen LogP contribution >= 0.6 is 22.9 Å². The van der Waals surface area contributed by atoms with Crippen LogP contribution in [0.4, 0.5) is 0 Å². The third kappa shape index (κ3) is 1.62. The van der Waals surface area contributed by atoms with Crippen LogP contribution in [0.1, 0.15) is 20.3 Å². The molecule has 0 radical (unpaired) electrons. The molecule has 1 aliphatic rings. The van der Waals surface area contributed by atoms with Crippen LogP contribution in [0.15, 0.2) is 0 Å². The molecule has 1 amide bonds. The number of halogens is 1. The maximum Gasteiger partial charge on any atom is 0.234 e. The number of carbonyl (C=O) groups excluding carboxylic acids is 1. The van der Waals surface area contributed by atoms with Crippen LogP contribution in [0.2, 0.25) is 0 Å². The molecule has 2 atom stereocenters. The summed E-state index contributed by atoms with van der Waals surface area (Å²) in [5.74, 6) is 1.30. The molecule has 3 heteroatoms. The first-order chi connectivity index (χ1) is 4.66. The second-order valence-electron chi connectivity index (χ2n) is 2.84. The molecule has 0 aliphatic heterocycles. The molecule has 1 rings (SSSR count). The van der Waals surface area contributed by atoms with Crippen molar-refractivity contribution in [1.29, 1.82) is 0 Å². The molecule has 0 bridgehead atoms. The summed E-state index contributed by atoms with van der Waals surface area (Å²) in [7, 11) is 0. The third-order valence-electron chi connectivity index (χ3n) is 1.94. The molecule has 0 N–H and O–H groups in total. The number of hydrogen-bond donors (Lipinski definition) is 0. The van der Waals surface area contributed by atoms with Crippen LogP contribution in [-0.2, 0) is 4.79 Å². The van der Waals surface area contributed by atoms with Crippen LogP contribution in [0.25, 0.3) is 0 Å². The van der Waals surface area contributed by atoms with E-state index in [-0.39, 0.29) is 0 Å². The molecule has 1 fully saturated rings. The average molecular weight is 253 g/mol. The number of nitrogens with zero attached hydrogens (tertiary/aromatic N) is 1. The molecule has 1 saturated carbocycles. The smallest absolute Gasteiger partial charge is 0.234 e. The Morgan fingerprint density at radius 2 is 2.30 bits per heavy atom. The molecule has 0 aromatic heterocycles. The molecule has 0 spiro atoms. The van der Waals surface area contributed by atoms with Gasteiger partial charge in [-0.05, 0) is 19.3 Å². The van der Waals surface area contributed by atoms with Crippen molar-refractivity contribution in [3.63, 3.8) is 0 Å². The molecule has 10 heavy (non-hydrogen) atoms. The fourth-order valence-corrected chi connectivity index (χ4v) is 1.36. The van der Waals surface area contributed by atoms with Crippen molar-refractivity contribution in [2.24, 2.45) is 11.8 Å². The first-order valence-electron chi connectivity index (χ1n) is 3.64. The number of rotatable bonds is 2. The van der Waals surface area contributed by atoms with Crippen LogP contribution < -0.4 is 0 Å². The normalized spacial score (nSPS) is 29.9. The summed E-state index contributed by atoms with van der Waals surface area (Å²) in [4.78, 5) is 11.3. The summed E-state index contributed by atoms with van der Waals surface area (Å²) in [5, 5.41) is 0. The van der Waals surface area contributed by atoms with Gasteiger partial charge < -0.3 is 0 Å². The van der Waals surface area contributed by atoms with Crippen LogP contribution in [0.5, 0.6) is 0 Å². The van der Waals surface area contributed by atoms with Gasteiger partial charge in [-0.2, -0.15) is 0 Å². The maximum absolute atomic E-state index is 11.3. The fraction of sp³-hybridized carbons (Fsp3) is 0.857. The summed E-state index contributed by atoms with van der Waals surface area (Å²) < 4.78 is 1.77. The molecule has 58 valence electrons. The summed E-state index contributed by atoms with van der Waals surface area (Å²) >= 11 is 2.08. The summed E-state index contributed by atoms with van der Waals surface area (Å²) in [6.07, 6.45) is 1.10. The van der Waals surface area contributed by atoms with E-state index in [1.165, 1.54) is 0 Å². The van der Waals surface area contributed by atoms with E-state index in [9.17, 15) is 4.79 Å². The van der Waals surface area contributed by atoms with Crippen molar-refractivity contribution >= 4 is 28.8 Å². The predicted molar refractivity (Wildman–Crippen MR) is 48.7 cm³/mol. The molecule has 0 heterocycles. The molecule has 1 aliphatic carbocycles. The van der Waals surface area contributed by atoms with E-state index >= 15 is 0 Å². The van der Waals surface area contributed by atoms with Gasteiger partial charge in [0.2, 0.25) is 5.91 Å². The van der Waals surface area contributed by atoms with Gasteiger partial charge in [0, 0.05) is 12.5 Å². The van der Waals surface area contributed by atoms with E-state index in [1.807, 2.05) is 6.92 Å². The van der Waals surface area contributed by atoms with Crippen molar-refractivity contribution in [1.82, 2.24) is 3.11 Å². The molecular weight excluding hydrogens is 241 g/mol. The van der Waals surface area contributed by atoms with Crippen molar-refractivity contribution in [3.05, 3.63) is 0 Å². The van der Waals surface area contributed by atoms with Crippen molar-refractivity contribution in [3.8, 4) is 0 Å². The SMILES string of the molecule is CCN(I)C(=O)C1CC1C. The minimum Gasteiger partial charge on any atom is -0.285 e. The monoisotopic (exact) mass is 253 g/mol. The van der Waals surface area contributed by atoms with Gasteiger partial charge in [-0.15, -0.1) is 0 Å². The molecule has 2 nitrogen and oxygen atoms in total. The number of hydrogen-bond acceptors (Lipinski definition) is 1. The molecule has 0 aromatic carbocycles. The fourth-order valence-electron chi connectivity index (χ4n) is 1.00. The predicted octanol–water partition coefficient (Wildman–Crippen LogP) is 1.84. The summed E-state index contributed by atoms with van der Waals surface area (Å²) in [6, 6.07) is 0. The van der Waals surface area contributed by atoms with Crippen molar-refractivity contribution in [2.75, 3.05) is 6.54 Å². The maximum atomic E-state index is 11.3. The van der Waals surface area contributed by atoms with Gasteiger partial charge >= 0.3 is 0 Å². The average Bonchev–Trinajstić information content (AvgIpc) is 2.63. The highest BCUT2D eigenvalue weighted by Crippen LogP contribution is 2.39. The van der Waals surface area contributed by atoms with Crippen LogP contribution in [0, 0.1) is 11.8 Å². The van der Waals surface area contributed by atoms with Crippen LogP contribution in [-0.4, -0.2) is 15.6 Å². The second kappa shape index (κ2) is 3.07. The Balaban J connectivity index is 2.35. The molecule has 2 unspecified atom stereocenters. The van der Waals surface area contributed by atoms with Gasteiger partial charge in [-0.1, -0.05) is 6.92 Å². The van der Waals surface area contributed by atoms with E-state index < -0.39 is 0 Å². The highest BCUT2D eigenvalue weighted by atomic mass is 127. The molecular formula is C7H12INO. The lowest BCUT2D eigenvalue weighted by Crippen LogP contribution is -2.22. The lowest BCUT2D eigenvalue weighted by molar-refractivity contribution is -0.126. The Morgan fingerprint density at radius 1 is 1.80 bits per heavy atom. The highest BCUT2D eigenvalue weighted by Gasteiger charge is 2.40. The van der Waals surface area contributed by atoms with E-state index in [0.717, 1.165) is 13.0 Å². The number of amides is 1. The Morgan fingerprint density at radius 3 is 2.60 bits per heavy atom. The third-order valence-corrected chi connectivity index (χ3v) is 3.10. The second-order valence-corrected chi connectivity index (χ2v) is 4.00. The first kappa shape index (κ1) is 8.30. The summed E-state index contributed by atoms with van der Waals surface area (Å²) in [6.45, 7) is 4.95. The largest absolute Gasteiger partial charge is 0.285 e. The van der Waals surface area contributed by atoms with E-state index in [4.69, 9.17) is 0 Å². The molecule has 0 saturated heterocycles. The zero-order valence-corrected chi connectivity index (χ0v) is 8.46. The topological polar surface area (TPSA) is 20.3 Å². The highest BCUT2D eigenvalue weighted by molar-refractivity contribution is 14.1. The summed E-state index contributed by atoms with van der Waals surface area (Å²) in [5.41, 5.74) is 0. The lowest BCUT2D eigenvalue weighted by atomic mass is 10.3. The zero-order chi connectivity index (χ0) is 7.72. The minimum atomic E-state index is 0.315. The Labute approximate surface area is 75.5 Å². The van der Waals surface area contributed by atoms with Gasteiger partial charge in [-0.25, -0.2) is 0 Å². The quantitative estimate of drug-likeness (QED) is 0.543. The zero-order valence-electron chi connectivity index (χ0n) is 6.30. The van der Waals surface area contributed by atoms with Gasteiger partial charge in [0.15, 0.2) is 0 Å². The van der Waals surface area contributed by atoms with Gasteiger partial charge in [0.1, 0.15) is 0 Å². The Kier molecular flexibility index (Phi) is 2.55.